The van der Waals surface area contributed by atoms with E-state index >= 15 is 0 Å². The van der Waals surface area contributed by atoms with Crippen LogP contribution >= 0.6 is 12.6 Å². The summed E-state index contributed by atoms with van der Waals surface area (Å²) in [5.41, 5.74) is 0.432. The van der Waals surface area contributed by atoms with Gasteiger partial charge in [-0.05, 0) is 24.0 Å². The van der Waals surface area contributed by atoms with Gasteiger partial charge in [0.1, 0.15) is 5.75 Å². The van der Waals surface area contributed by atoms with Crippen molar-refractivity contribution in [3.8, 4) is 5.75 Å². The standard InChI is InChI=1S/C18H27NO3S/c1-13(2)11-19(12-14(3)4)18(21)15-7-5-6-8-16(15)22-17(20)9-10-23/h5-8,13-14,23H,9-12H2,1-4H3. The van der Waals surface area contributed by atoms with E-state index < -0.39 is 0 Å². The molecular weight excluding hydrogens is 310 g/mol. The van der Waals surface area contributed by atoms with Crippen molar-refractivity contribution in [2.24, 2.45) is 11.8 Å². The molecule has 0 saturated heterocycles. The largest absolute Gasteiger partial charge is 0.426 e. The van der Waals surface area contributed by atoms with E-state index in [1.54, 1.807) is 24.3 Å². The van der Waals surface area contributed by atoms with E-state index in [1.165, 1.54) is 0 Å². The van der Waals surface area contributed by atoms with Crippen molar-refractivity contribution in [2.45, 2.75) is 34.1 Å². The molecule has 0 spiro atoms. The number of amides is 1. The van der Waals surface area contributed by atoms with Crippen LogP contribution in [-0.4, -0.2) is 35.6 Å². The molecule has 0 aliphatic rings. The molecule has 0 unspecified atom stereocenters. The molecule has 1 aromatic rings. The fourth-order valence-electron chi connectivity index (χ4n) is 2.29. The highest BCUT2D eigenvalue weighted by Gasteiger charge is 2.22. The molecule has 0 atom stereocenters. The van der Waals surface area contributed by atoms with Crippen LogP contribution in [0.1, 0.15) is 44.5 Å². The van der Waals surface area contributed by atoms with Gasteiger partial charge < -0.3 is 9.64 Å². The first-order valence-electron chi connectivity index (χ1n) is 8.05. The third-order valence-electron chi connectivity index (χ3n) is 3.12. The number of thiol groups is 1. The molecule has 23 heavy (non-hydrogen) atoms. The third-order valence-corrected chi connectivity index (χ3v) is 3.34. The monoisotopic (exact) mass is 337 g/mol. The summed E-state index contributed by atoms with van der Waals surface area (Å²) in [4.78, 5) is 26.4. The number of esters is 1. The van der Waals surface area contributed by atoms with Crippen LogP contribution in [-0.2, 0) is 4.79 Å². The first-order valence-corrected chi connectivity index (χ1v) is 8.68. The Balaban J connectivity index is 3.01. The van der Waals surface area contributed by atoms with Gasteiger partial charge in [-0.1, -0.05) is 39.8 Å². The molecule has 1 rings (SSSR count). The highest BCUT2D eigenvalue weighted by Crippen LogP contribution is 2.21. The number of carbonyl (C=O) groups excluding carboxylic acids is 2. The second kappa shape index (κ2) is 9.60. The van der Waals surface area contributed by atoms with Crippen molar-refractivity contribution >= 4 is 24.5 Å². The van der Waals surface area contributed by atoms with Crippen LogP contribution < -0.4 is 4.74 Å². The lowest BCUT2D eigenvalue weighted by Gasteiger charge is -2.27. The zero-order valence-corrected chi connectivity index (χ0v) is 15.3. The maximum atomic E-state index is 12.9. The molecule has 0 heterocycles. The zero-order valence-electron chi connectivity index (χ0n) is 14.4. The zero-order chi connectivity index (χ0) is 17.4. The van der Waals surface area contributed by atoms with Crippen LogP contribution in [0, 0.1) is 11.8 Å². The number of benzene rings is 1. The summed E-state index contributed by atoms with van der Waals surface area (Å²) in [7, 11) is 0. The van der Waals surface area contributed by atoms with Gasteiger partial charge in [-0.2, -0.15) is 12.6 Å². The van der Waals surface area contributed by atoms with Crippen molar-refractivity contribution in [2.75, 3.05) is 18.8 Å². The highest BCUT2D eigenvalue weighted by atomic mass is 32.1. The second-order valence-corrected chi connectivity index (χ2v) is 6.89. The van der Waals surface area contributed by atoms with E-state index in [0.29, 0.717) is 42.0 Å². The fourth-order valence-corrected chi connectivity index (χ4v) is 2.47. The first-order chi connectivity index (χ1) is 10.8. The van der Waals surface area contributed by atoms with Gasteiger partial charge >= 0.3 is 5.97 Å². The molecule has 1 amide bonds. The van der Waals surface area contributed by atoms with E-state index in [4.69, 9.17) is 4.74 Å². The molecule has 5 heteroatoms. The molecule has 4 nitrogen and oxygen atoms in total. The lowest BCUT2D eigenvalue weighted by atomic mass is 10.1. The molecule has 0 aromatic heterocycles. The van der Waals surface area contributed by atoms with Gasteiger partial charge in [-0.25, -0.2) is 0 Å². The van der Waals surface area contributed by atoms with Gasteiger partial charge in [0.05, 0.1) is 12.0 Å². The first kappa shape index (κ1) is 19.6. The van der Waals surface area contributed by atoms with Crippen molar-refractivity contribution in [1.82, 2.24) is 4.90 Å². The van der Waals surface area contributed by atoms with Crippen LogP contribution in [0.2, 0.25) is 0 Å². The molecule has 0 fully saturated rings. The van der Waals surface area contributed by atoms with Crippen LogP contribution in [0.4, 0.5) is 0 Å². The Hall–Kier alpha value is -1.49. The maximum absolute atomic E-state index is 12.9. The lowest BCUT2D eigenvalue weighted by molar-refractivity contribution is -0.133. The van der Waals surface area contributed by atoms with Crippen LogP contribution in [0.3, 0.4) is 0 Å². The Kier molecular flexibility index (Phi) is 8.17. The third kappa shape index (κ3) is 6.65. The molecule has 0 N–H and O–H groups in total. The van der Waals surface area contributed by atoms with Gasteiger partial charge in [0, 0.05) is 18.8 Å². The number of ether oxygens (including phenoxy) is 1. The molecule has 128 valence electrons. The summed E-state index contributed by atoms with van der Waals surface area (Å²) < 4.78 is 5.33. The van der Waals surface area contributed by atoms with Gasteiger partial charge in [0.2, 0.25) is 0 Å². The Labute approximate surface area is 144 Å². The molecule has 0 aliphatic carbocycles. The average molecular weight is 337 g/mol. The van der Waals surface area contributed by atoms with E-state index in [1.807, 2.05) is 4.90 Å². The number of nitrogens with zero attached hydrogens (tertiary/aromatic N) is 1. The SMILES string of the molecule is CC(C)CN(CC(C)C)C(=O)c1ccccc1OC(=O)CCS. The van der Waals surface area contributed by atoms with E-state index in [0.717, 1.165) is 0 Å². The summed E-state index contributed by atoms with van der Waals surface area (Å²) in [6.07, 6.45) is 0.216. The molecule has 1 aromatic carbocycles. The average Bonchev–Trinajstić information content (AvgIpc) is 2.45. The molecule has 0 aliphatic heterocycles. The van der Waals surface area contributed by atoms with Gasteiger partial charge in [0.15, 0.2) is 0 Å². The van der Waals surface area contributed by atoms with Crippen molar-refractivity contribution in [3.63, 3.8) is 0 Å². The van der Waals surface area contributed by atoms with Crippen LogP contribution in [0.15, 0.2) is 24.3 Å². The number of hydrogen-bond donors (Lipinski definition) is 1. The normalized spacial score (nSPS) is 10.9. The van der Waals surface area contributed by atoms with Crippen LogP contribution in [0.5, 0.6) is 5.75 Å². The van der Waals surface area contributed by atoms with E-state index in [9.17, 15) is 9.59 Å². The fraction of sp³-hybridized carbons (Fsp3) is 0.556. The summed E-state index contributed by atoms with van der Waals surface area (Å²) in [6.45, 7) is 9.68. The topological polar surface area (TPSA) is 46.6 Å². The smallest absolute Gasteiger partial charge is 0.312 e. The number of carbonyl (C=O) groups is 2. The highest BCUT2D eigenvalue weighted by molar-refractivity contribution is 7.80. The summed E-state index contributed by atoms with van der Waals surface area (Å²) in [5.74, 6) is 1.01. The van der Waals surface area contributed by atoms with Gasteiger partial charge in [-0.3, -0.25) is 9.59 Å². The molecule has 0 radical (unpaired) electrons. The molecule has 0 saturated carbocycles. The quantitative estimate of drug-likeness (QED) is 0.447. The maximum Gasteiger partial charge on any atom is 0.312 e. The van der Waals surface area contributed by atoms with Crippen molar-refractivity contribution in [3.05, 3.63) is 29.8 Å². The van der Waals surface area contributed by atoms with Gasteiger partial charge in [0.25, 0.3) is 5.91 Å². The molecule has 0 bridgehead atoms. The van der Waals surface area contributed by atoms with Crippen LogP contribution in [0.25, 0.3) is 0 Å². The summed E-state index contributed by atoms with van der Waals surface area (Å²) in [5, 5.41) is 0. The number of para-hydroxylation sites is 1. The Bertz CT molecular complexity index is 519. The predicted molar refractivity (Wildman–Crippen MR) is 96.1 cm³/mol. The summed E-state index contributed by atoms with van der Waals surface area (Å²) in [6, 6.07) is 6.91. The Morgan fingerprint density at radius 2 is 1.65 bits per heavy atom. The second-order valence-electron chi connectivity index (χ2n) is 6.44. The van der Waals surface area contributed by atoms with Crippen molar-refractivity contribution in [1.29, 1.82) is 0 Å². The minimum Gasteiger partial charge on any atom is -0.426 e. The molecular formula is C18H27NO3S. The lowest BCUT2D eigenvalue weighted by Crippen LogP contribution is -2.37. The Morgan fingerprint density at radius 3 is 2.17 bits per heavy atom. The Morgan fingerprint density at radius 1 is 1.09 bits per heavy atom. The minimum atomic E-state index is -0.375. The predicted octanol–water partition coefficient (Wildman–Crippen LogP) is 3.67. The minimum absolute atomic E-state index is 0.0957. The van der Waals surface area contributed by atoms with Gasteiger partial charge in [-0.15, -0.1) is 0 Å². The van der Waals surface area contributed by atoms with E-state index in [-0.39, 0.29) is 18.3 Å². The number of rotatable bonds is 8. The number of hydrogen-bond acceptors (Lipinski definition) is 4. The van der Waals surface area contributed by atoms with Crippen molar-refractivity contribution < 1.29 is 14.3 Å². The summed E-state index contributed by atoms with van der Waals surface area (Å²) >= 11 is 4.02. The van der Waals surface area contributed by atoms with E-state index in [2.05, 4.69) is 40.3 Å².